The first-order chi connectivity index (χ1) is 6.62. The summed E-state index contributed by atoms with van der Waals surface area (Å²) in [5.41, 5.74) is 0.600. The van der Waals surface area contributed by atoms with E-state index in [1.165, 1.54) is 6.07 Å². The maximum atomic E-state index is 13.7. The number of benzene rings is 1. The molecule has 1 aromatic rings. The smallest absolute Gasteiger partial charge is 0.129 e. The van der Waals surface area contributed by atoms with Crippen LogP contribution in [0, 0.1) is 5.82 Å². The molecule has 1 unspecified atom stereocenters. The molecule has 1 heterocycles. The molecule has 0 aromatic heterocycles. The average molecular weight is 258 g/mol. The van der Waals surface area contributed by atoms with Gasteiger partial charge in [-0.05, 0) is 38.4 Å². The van der Waals surface area contributed by atoms with E-state index in [0.717, 1.165) is 29.4 Å². The molecular weight excluding hydrogens is 245 g/mol. The van der Waals surface area contributed by atoms with E-state index in [1.807, 2.05) is 12.1 Å². The Morgan fingerprint density at radius 3 is 2.86 bits per heavy atom. The molecule has 0 radical (unpaired) electrons. The fourth-order valence-corrected chi connectivity index (χ4v) is 2.39. The van der Waals surface area contributed by atoms with Crippen LogP contribution in [0.15, 0.2) is 22.7 Å². The molecule has 2 rings (SSSR count). The van der Waals surface area contributed by atoms with Gasteiger partial charge < -0.3 is 5.32 Å². The van der Waals surface area contributed by atoms with Crippen LogP contribution in [0.3, 0.4) is 0 Å². The van der Waals surface area contributed by atoms with E-state index in [4.69, 9.17) is 0 Å². The summed E-state index contributed by atoms with van der Waals surface area (Å²) in [7, 11) is 0. The van der Waals surface area contributed by atoms with E-state index >= 15 is 0 Å². The van der Waals surface area contributed by atoms with Crippen molar-refractivity contribution in [1.82, 2.24) is 5.32 Å². The first-order valence-electron chi connectivity index (χ1n) is 4.82. The predicted octanol–water partition coefficient (Wildman–Crippen LogP) is 3.19. The summed E-state index contributed by atoms with van der Waals surface area (Å²) < 4.78 is 14.5. The quantitative estimate of drug-likeness (QED) is 0.815. The lowest BCUT2D eigenvalue weighted by Gasteiger charge is -2.25. The van der Waals surface area contributed by atoms with E-state index in [2.05, 4.69) is 28.2 Å². The molecule has 0 bridgehead atoms. The third kappa shape index (κ3) is 1.71. The van der Waals surface area contributed by atoms with Gasteiger partial charge in [-0.2, -0.15) is 0 Å². The Bertz CT molecular complexity index is 345. The Kier molecular flexibility index (Phi) is 2.62. The molecule has 3 heteroatoms. The zero-order valence-electron chi connectivity index (χ0n) is 8.11. The van der Waals surface area contributed by atoms with Crippen molar-refractivity contribution in [1.29, 1.82) is 0 Å². The minimum absolute atomic E-state index is 0.128. The molecule has 1 fully saturated rings. The monoisotopic (exact) mass is 257 g/mol. The zero-order chi connectivity index (χ0) is 10.2. The number of nitrogens with one attached hydrogen (secondary N) is 1. The molecule has 76 valence electrons. The fraction of sp³-hybridized carbons (Fsp3) is 0.455. The van der Waals surface area contributed by atoms with Crippen LogP contribution in [0.4, 0.5) is 4.39 Å². The lowest BCUT2D eigenvalue weighted by Crippen LogP contribution is -2.34. The Hall–Kier alpha value is -0.410. The van der Waals surface area contributed by atoms with Crippen molar-refractivity contribution in [2.75, 3.05) is 6.54 Å². The summed E-state index contributed by atoms with van der Waals surface area (Å²) >= 11 is 3.26. The molecule has 0 saturated carbocycles. The average Bonchev–Trinajstić information content (AvgIpc) is 2.52. The minimum Gasteiger partial charge on any atom is -0.308 e. The molecule has 1 saturated heterocycles. The first-order valence-corrected chi connectivity index (χ1v) is 5.62. The molecule has 0 amide bonds. The number of halogens is 2. The van der Waals surface area contributed by atoms with E-state index < -0.39 is 0 Å². The summed E-state index contributed by atoms with van der Waals surface area (Å²) in [6.07, 6.45) is 2.12. The van der Waals surface area contributed by atoms with E-state index in [0.29, 0.717) is 0 Å². The van der Waals surface area contributed by atoms with E-state index in [-0.39, 0.29) is 11.4 Å². The molecule has 0 aliphatic carbocycles. The lowest BCUT2D eigenvalue weighted by molar-refractivity contribution is 0.410. The van der Waals surface area contributed by atoms with Gasteiger partial charge >= 0.3 is 0 Å². The molecule has 1 aromatic carbocycles. The van der Waals surface area contributed by atoms with Crippen molar-refractivity contribution in [2.24, 2.45) is 0 Å². The normalized spacial score (nSPS) is 26.8. The highest BCUT2D eigenvalue weighted by atomic mass is 79.9. The maximum Gasteiger partial charge on any atom is 0.129 e. The third-order valence-electron chi connectivity index (χ3n) is 2.89. The third-order valence-corrected chi connectivity index (χ3v) is 3.39. The molecule has 1 nitrogen and oxygen atoms in total. The van der Waals surface area contributed by atoms with Crippen molar-refractivity contribution in [3.63, 3.8) is 0 Å². The Balaban J connectivity index is 2.40. The molecule has 14 heavy (non-hydrogen) atoms. The number of hydrogen-bond acceptors (Lipinski definition) is 1. The number of hydrogen-bond donors (Lipinski definition) is 1. The van der Waals surface area contributed by atoms with Crippen molar-refractivity contribution >= 4 is 15.9 Å². The zero-order valence-corrected chi connectivity index (χ0v) is 9.70. The van der Waals surface area contributed by atoms with Crippen molar-refractivity contribution in [3.05, 3.63) is 34.1 Å². The van der Waals surface area contributed by atoms with Crippen LogP contribution in [0.5, 0.6) is 0 Å². The Morgan fingerprint density at radius 1 is 1.50 bits per heavy atom. The predicted molar refractivity (Wildman–Crippen MR) is 58.7 cm³/mol. The summed E-state index contributed by atoms with van der Waals surface area (Å²) in [5, 5.41) is 3.35. The van der Waals surface area contributed by atoms with Gasteiger partial charge in [0.15, 0.2) is 0 Å². The van der Waals surface area contributed by atoms with Crippen LogP contribution in [0.1, 0.15) is 25.3 Å². The second kappa shape index (κ2) is 3.63. The lowest BCUT2D eigenvalue weighted by atomic mass is 9.90. The van der Waals surface area contributed by atoms with Gasteiger partial charge in [0.1, 0.15) is 5.82 Å². The van der Waals surface area contributed by atoms with Gasteiger partial charge in [0.05, 0.1) is 0 Å². The summed E-state index contributed by atoms with van der Waals surface area (Å²) in [6, 6.07) is 5.28. The van der Waals surface area contributed by atoms with Crippen LogP contribution in [-0.4, -0.2) is 6.54 Å². The van der Waals surface area contributed by atoms with Gasteiger partial charge in [-0.1, -0.05) is 22.0 Å². The standard InChI is InChI=1S/C11H13BrFN/c1-11(5-2-6-14-11)9-4-3-8(12)7-10(9)13/h3-4,7,14H,2,5-6H2,1H3. The van der Waals surface area contributed by atoms with Gasteiger partial charge in [0, 0.05) is 15.6 Å². The molecule has 1 atom stereocenters. The topological polar surface area (TPSA) is 12.0 Å². The highest BCUT2D eigenvalue weighted by molar-refractivity contribution is 9.10. The van der Waals surface area contributed by atoms with Gasteiger partial charge in [0.25, 0.3) is 0 Å². The largest absolute Gasteiger partial charge is 0.308 e. The van der Waals surface area contributed by atoms with Crippen LogP contribution >= 0.6 is 15.9 Å². The van der Waals surface area contributed by atoms with E-state index in [9.17, 15) is 4.39 Å². The van der Waals surface area contributed by atoms with Crippen molar-refractivity contribution in [3.8, 4) is 0 Å². The molecule has 0 spiro atoms. The van der Waals surface area contributed by atoms with Gasteiger partial charge in [0.2, 0.25) is 0 Å². The fourth-order valence-electron chi connectivity index (χ4n) is 2.06. The summed E-state index contributed by atoms with van der Waals surface area (Å²) in [5.74, 6) is -0.128. The molecule has 1 aliphatic rings. The van der Waals surface area contributed by atoms with Crippen LogP contribution in [0.25, 0.3) is 0 Å². The minimum atomic E-state index is -0.176. The van der Waals surface area contributed by atoms with Crippen LogP contribution in [0.2, 0.25) is 0 Å². The summed E-state index contributed by atoms with van der Waals surface area (Å²) in [4.78, 5) is 0. The molecule has 1 N–H and O–H groups in total. The first kappa shape index (κ1) is 10.1. The Morgan fingerprint density at radius 2 is 2.29 bits per heavy atom. The van der Waals surface area contributed by atoms with Crippen LogP contribution in [-0.2, 0) is 5.54 Å². The maximum absolute atomic E-state index is 13.7. The Labute approximate surface area is 91.8 Å². The van der Waals surface area contributed by atoms with Gasteiger partial charge in [-0.15, -0.1) is 0 Å². The van der Waals surface area contributed by atoms with Gasteiger partial charge in [-0.3, -0.25) is 0 Å². The second-order valence-corrected chi connectivity index (χ2v) is 4.90. The molecular formula is C11H13BrFN. The highest BCUT2D eigenvalue weighted by Gasteiger charge is 2.32. The SMILES string of the molecule is CC1(c2ccc(Br)cc2F)CCCN1. The van der Waals surface area contributed by atoms with E-state index in [1.54, 1.807) is 0 Å². The van der Waals surface area contributed by atoms with Crippen molar-refractivity contribution < 1.29 is 4.39 Å². The number of rotatable bonds is 1. The van der Waals surface area contributed by atoms with Gasteiger partial charge in [-0.25, -0.2) is 4.39 Å². The molecule has 1 aliphatic heterocycles. The van der Waals surface area contributed by atoms with Crippen molar-refractivity contribution in [2.45, 2.75) is 25.3 Å². The second-order valence-electron chi connectivity index (χ2n) is 3.99. The highest BCUT2D eigenvalue weighted by Crippen LogP contribution is 2.32. The summed E-state index contributed by atoms with van der Waals surface area (Å²) in [6.45, 7) is 3.04. The van der Waals surface area contributed by atoms with Crippen LogP contribution < -0.4 is 5.32 Å².